The van der Waals surface area contributed by atoms with E-state index < -0.39 is 20.6 Å². The Balaban J connectivity index is 1.53. The molecule has 0 saturated carbocycles. The third-order valence-electron chi connectivity index (χ3n) is 6.37. The Hall–Kier alpha value is -4.42. The van der Waals surface area contributed by atoms with Crippen LogP contribution < -0.4 is 9.47 Å². The van der Waals surface area contributed by atoms with Gasteiger partial charge in [-0.1, -0.05) is 24.3 Å². The van der Waals surface area contributed by atoms with E-state index in [0.29, 0.717) is 17.1 Å². The van der Waals surface area contributed by atoms with E-state index in [1.165, 1.54) is 43.4 Å². The predicted molar refractivity (Wildman–Crippen MR) is 144 cm³/mol. The van der Waals surface area contributed by atoms with Gasteiger partial charge < -0.3 is 19.5 Å². The molecule has 1 aliphatic rings. The number of amides is 1. The van der Waals surface area contributed by atoms with Crippen molar-refractivity contribution in [1.29, 1.82) is 0 Å². The summed E-state index contributed by atoms with van der Waals surface area (Å²) < 4.78 is 38.2. The van der Waals surface area contributed by atoms with Gasteiger partial charge >= 0.3 is 0 Å². The summed E-state index contributed by atoms with van der Waals surface area (Å²) in [6, 6.07) is 15.3. The highest BCUT2D eigenvalue weighted by Gasteiger charge is 2.34. The fourth-order valence-electron chi connectivity index (χ4n) is 4.31. The van der Waals surface area contributed by atoms with Gasteiger partial charge in [0.25, 0.3) is 5.69 Å². The number of rotatable bonds is 8. The van der Waals surface area contributed by atoms with E-state index in [4.69, 9.17) is 9.47 Å². The molecule has 0 aromatic heterocycles. The van der Waals surface area contributed by atoms with Gasteiger partial charge in [-0.15, -0.1) is 0 Å². The maximum absolute atomic E-state index is 13.1. The number of nitro groups is 1. The number of phenols is 1. The number of nitro benzene ring substituents is 1. The topological polar surface area (TPSA) is 140 Å². The second-order valence-corrected chi connectivity index (χ2v) is 10.5. The van der Waals surface area contributed by atoms with Gasteiger partial charge in [0.05, 0.1) is 19.1 Å². The maximum Gasteiger partial charge on any atom is 0.289 e. The molecule has 204 valence electrons. The summed E-state index contributed by atoms with van der Waals surface area (Å²) in [5, 5.41) is 21.0. The normalized spacial score (nSPS) is 14.4. The standard InChI is InChI=1S/C27H27N3O8S/c1-37-21-17-23(19-7-9-20(31)10-8-19)22(25(18-21)38-2)11-12-27(32)28-13-15-29(16-14-28)39(35,36)26-6-4-3-5-24(26)30(33)34/h3-12,17-18,31H,13-16H2,1-2H3/b12-11+. The zero-order valence-corrected chi connectivity index (χ0v) is 22.1. The molecule has 3 aromatic rings. The molecule has 0 bridgehead atoms. The van der Waals surface area contributed by atoms with Gasteiger partial charge in [0.15, 0.2) is 4.90 Å². The quantitative estimate of drug-likeness (QED) is 0.254. The van der Waals surface area contributed by atoms with Crippen LogP contribution in [-0.2, 0) is 14.8 Å². The molecule has 0 radical (unpaired) electrons. The monoisotopic (exact) mass is 553 g/mol. The van der Waals surface area contributed by atoms with Gasteiger partial charge in [-0.2, -0.15) is 4.31 Å². The Kier molecular flexibility index (Phi) is 8.17. The van der Waals surface area contributed by atoms with Crippen LogP contribution in [0.1, 0.15) is 5.56 Å². The van der Waals surface area contributed by atoms with Crippen molar-refractivity contribution in [2.75, 3.05) is 40.4 Å². The van der Waals surface area contributed by atoms with Gasteiger partial charge in [-0.25, -0.2) is 8.42 Å². The number of benzene rings is 3. The third-order valence-corrected chi connectivity index (χ3v) is 8.32. The molecule has 0 spiro atoms. The fourth-order valence-corrected chi connectivity index (χ4v) is 5.89. The molecule has 0 atom stereocenters. The lowest BCUT2D eigenvalue weighted by Gasteiger charge is -2.33. The number of sulfonamides is 1. The number of methoxy groups -OCH3 is 2. The van der Waals surface area contributed by atoms with Crippen LogP contribution >= 0.6 is 0 Å². The average Bonchev–Trinajstić information content (AvgIpc) is 2.95. The molecule has 39 heavy (non-hydrogen) atoms. The Bertz CT molecular complexity index is 1510. The first-order valence-corrected chi connectivity index (χ1v) is 13.4. The van der Waals surface area contributed by atoms with Crippen molar-refractivity contribution < 1.29 is 32.7 Å². The molecule has 1 fully saturated rings. The Morgan fingerprint density at radius 1 is 1.00 bits per heavy atom. The van der Waals surface area contributed by atoms with Gasteiger partial charge in [-0.3, -0.25) is 14.9 Å². The molecule has 1 aliphatic heterocycles. The smallest absolute Gasteiger partial charge is 0.289 e. The molecule has 12 heteroatoms. The van der Waals surface area contributed by atoms with Crippen molar-refractivity contribution in [3.63, 3.8) is 0 Å². The van der Waals surface area contributed by atoms with E-state index in [1.807, 2.05) is 0 Å². The fraction of sp³-hybridized carbons (Fsp3) is 0.222. The highest BCUT2D eigenvalue weighted by molar-refractivity contribution is 7.89. The lowest BCUT2D eigenvalue weighted by molar-refractivity contribution is -0.387. The lowest BCUT2D eigenvalue weighted by Crippen LogP contribution is -2.50. The number of piperazine rings is 1. The van der Waals surface area contributed by atoms with Crippen molar-refractivity contribution in [3.8, 4) is 28.4 Å². The largest absolute Gasteiger partial charge is 0.508 e. The van der Waals surface area contributed by atoms with Crippen molar-refractivity contribution in [1.82, 2.24) is 9.21 Å². The zero-order valence-electron chi connectivity index (χ0n) is 21.3. The van der Waals surface area contributed by atoms with Crippen LogP contribution in [0.25, 0.3) is 17.2 Å². The van der Waals surface area contributed by atoms with E-state index in [9.17, 15) is 28.4 Å². The summed E-state index contributed by atoms with van der Waals surface area (Å²) in [5.74, 6) is 0.812. The minimum absolute atomic E-state index is 0.00141. The second-order valence-electron chi connectivity index (χ2n) is 8.63. The molecule has 1 amide bonds. The van der Waals surface area contributed by atoms with Crippen LogP contribution in [0.15, 0.2) is 71.6 Å². The molecule has 1 N–H and O–H groups in total. The van der Waals surface area contributed by atoms with Crippen LogP contribution in [0.5, 0.6) is 17.2 Å². The van der Waals surface area contributed by atoms with Gasteiger partial charge in [-0.05, 0) is 41.5 Å². The average molecular weight is 554 g/mol. The number of para-hydroxylation sites is 1. The zero-order chi connectivity index (χ0) is 28.2. The van der Waals surface area contributed by atoms with E-state index in [2.05, 4.69) is 0 Å². The minimum Gasteiger partial charge on any atom is -0.508 e. The first-order chi connectivity index (χ1) is 18.6. The van der Waals surface area contributed by atoms with Gasteiger partial charge in [0.2, 0.25) is 15.9 Å². The van der Waals surface area contributed by atoms with E-state index in [-0.39, 0.29) is 42.7 Å². The molecule has 11 nitrogen and oxygen atoms in total. The number of aromatic hydroxyl groups is 1. The number of phenolic OH excluding ortho intramolecular Hbond substituents is 1. The van der Waals surface area contributed by atoms with Gasteiger partial charge in [0.1, 0.15) is 17.2 Å². The van der Waals surface area contributed by atoms with Crippen molar-refractivity contribution in [2.24, 2.45) is 0 Å². The van der Waals surface area contributed by atoms with Crippen LogP contribution in [0.3, 0.4) is 0 Å². The number of nitrogens with zero attached hydrogens (tertiary/aromatic N) is 3. The van der Waals surface area contributed by atoms with E-state index in [0.717, 1.165) is 21.5 Å². The van der Waals surface area contributed by atoms with E-state index >= 15 is 0 Å². The molecule has 3 aromatic carbocycles. The Labute approximate surface area is 225 Å². The molecular weight excluding hydrogens is 526 g/mol. The minimum atomic E-state index is -4.11. The van der Waals surface area contributed by atoms with E-state index in [1.54, 1.807) is 42.5 Å². The third kappa shape index (κ3) is 5.86. The highest BCUT2D eigenvalue weighted by atomic mass is 32.2. The summed E-state index contributed by atoms with van der Waals surface area (Å²) in [4.78, 5) is 24.8. The molecule has 0 aliphatic carbocycles. The molecule has 4 rings (SSSR count). The lowest BCUT2D eigenvalue weighted by atomic mass is 9.97. The predicted octanol–water partition coefficient (Wildman–Crippen LogP) is 3.53. The number of carbonyl (C=O) groups excluding carboxylic acids is 1. The Morgan fingerprint density at radius 3 is 2.28 bits per heavy atom. The van der Waals surface area contributed by atoms with Crippen LogP contribution in [-0.4, -0.2) is 74.0 Å². The highest BCUT2D eigenvalue weighted by Crippen LogP contribution is 2.37. The van der Waals surface area contributed by atoms with Gasteiger partial charge in [0, 0.05) is 50.0 Å². The van der Waals surface area contributed by atoms with Crippen LogP contribution in [0, 0.1) is 10.1 Å². The summed E-state index contributed by atoms with van der Waals surface area (Å²) >= 11 is 0. The van der Waals surface area contributed by atoms with Crippen molar-refractivity contribution in [2.45, 2.75) is 4.90 Å². The first-order valence-electron chi connectivity index (χ1n) is 11.9. The SMILES string of the molecule is COc1cc(OC)c(/C=C/C(=O)N2CCN(S(=O)(=O)c3ccccc3[N+](=O)[O-])CC2)c(-c2ccc(O)cc2)c1. The molecule has 1 heterocycles. The first kappa shape index (κ1) is 27.6. The Morgan fingerprint density at radius 2 is 1.67 bits per heavy atom. The maximum atomic E-state index is 13.1. The number of ether oxygens (including phenoxy) is 2. The molecular formula is C27H27N3O8S. The van der Waals surface area contributed by atoms with Crippen LogP contribution in [0.2, 0.25) is 0 Å². The number of hydrogen-bond donors (Lipinski definition) is 1. The second kappa shape index (κ2) is 11.5. The number of hydrogen-bond acceptors (Lipinski definition) is 8. The van der Waals surface area contributed by atoms with Crippen LogP contribution in [0.4, 0.5) is 5.69 Å². The molecule has 1 saturated heterocycles. The summed E-state index contributed by atoms with van der Waals surface area (Å²) in [7, 11) is -1.07. The van der Waals surface area contributed by atoms with Crippen molar-refractivity contribution >= 4 is 27.7 Å². The summed E-state index contributed by atoms with van der Waals surface area (Å²) in [6.45, 7) is 0.234. The summed E-state index contributed by atoms with van der Waals surface area (Å²) in [6.07, 6.45) is 3.01. The summed E-state index contributed by atoms with van der Waals surface area (Å²) in [5.41, 5.74) is 1.62. The number of carbonyl (C=O) groups is 1. The van der Waals surface area contributed by atoms with Crippen molar-refractivity contribution in [3.05, 3.63) is 82.4 Å². The molecule has 0 unspecified atom stereocenters.